The van der Waals surface area contributed by atoms with Crippen LogP contribution in [0.2, 0.25) is 10.0 Å². The Bertz CT molecular complexity index is 1710. The van der Waals surface area contributed by atoms with Gasteiger partial charge in [-0.25, -0.2) is 0 Å². The third-order valence-electron chi connectivity index (χ3n) is 8.48. The van der Waals surface area contributed by atoms with Crippen molar-refractivity contribution in [2.45, 2.75) is 23.9 Å². The van der Waals surface area contributed by atoms with Crippen molar-refractivity contribution in [3.8, 4) is 23.6 Å². The minimum Gasteiger partial charge on any atom is -0.497 e. The van der Waals surface area contributed by atoms with E-state index >= 15 is 0 Å². The van der Waals surface area contributed by atoms with Crippen LogP contribution >= 0.6 is 23.2 Å². The fourth-order valence-corrected chi connectivity index (χ4v) is 6.65. The van der Waals surface area contributed by atoms with E-state index in [-0.39, 0.29) is 6.42 Å². The fraction of sp³-hybridized carbons (Fsp3) is 0.229. The summed E-state index contributed by atoms with van der Waals surface area (Å²) in [6.45, 7) is 0. The summed E-state index contributed by atoms with van der Waals surface area (Å²) in [7, 11) is 3.05. The largest absolute Gasteiger partial charge is 0.497 e. The maximum Gasteiger partial charge on any atom is 0.169 e. The summed E-state index contributed by atoms with van der Waals surface area (Å²) in [6.07, 6.45) is -0.104. The Kier molecular flexibility index (Phi) is 8.49. The number of carbonyl (C=O) groups excluding carboxylic acids is 1. The van der Waals surface area contributed by atoms with Gasteiger partial charge in [-0.3, -0.25) is 4.79 Å². The minimum absolute atomic E-state index is 0.104. The Morgan fingerprint density at radius 3 is 1.86 bits per heavy atom. The minimum atomic E-state index is -1.83. The van der Waals surface area contributed by atoms with E-state index in [0.29, 0.717) is 43.8 Å². The lowest BCUT2D eigenvalue weighted by atomic mass is 9.48. The van der Waals surface area contributed by atoms with Crippen molar-refractivity contribution >= 4 is 29.0 Å². The number of hydrogen-bond donors (Lipinski definition) is 1. The van der Waals surface area contributed by atoms with Crippen molar-refractivity contribution in [3.05, 3.63) is 129 Å². The summed E-state index contributed by atoms with van der Waals surface area (Å²) >= 11 is 12.4. The molecule has 8 heteroatoms. The van der Waals surface area contributed by atoms with Gasteiger partial charge in [-0.15, -0.1) is 0 Å². The number of halogens is 2. The molecule has 1 aliphatic carbocycles. The zero-order valence-electron chi connectivity index (χ0n) is 23.5. The van der Waals surface area contributed by atoms with E-state index in [0.717, 1.165) is 0 Å². The lowest BCUT2D eigenvalue weighted by Gasteiger charge is -2.53. The van der Waals surface area contributed by atoms with Gasteiger partial charge in [0, 0.05) is 27.4 Å². The number of ether oxygens (including phenoxy) is 2. The highest BCUT2D eigenvalue weighted by molar-refractivity contribution is 6.31. The van der Waals surface area contributed by atoms with Gasteiger partial charge in [0.25, 0.3) is 0 Å². The van der Waals surface area contributed by atoms with E-state index in [1.165, 1.54) is 14.2 Å². The number of nitriles is 2. The number of ketones is 1. The van der Waals surface area contributed by atoms with Crippen LogP contribution in [0.25, 0.3) is 0 Å². The van der Waals surface area contributed by atoms with Crippen LogP contribution in [0.5, 0.6) is 11.5 Å². The Morgan fingerprint density at radius 2 is 1.33 bits per heavy atom. The van der Waals surface area contributed by atoms with Crippen molar-refractivity contribution in [3.63, 3.8) is 0 Å². The first-order chi connectivity index (χ1) is 20.7. The molecule has 5 rings (SSSR count). The zero-order valence-corrected chi connectivity index (χ0v) is 25.0. The molecule has 4 unspecified atom stereocenters. The molecule has 4 atom stereocenters. The molecule has 0 aromatic heterocycles. The van der Waals surface area contributed by atoms with Crippen LogP contribution in [0.3, 0.4) is 0 Å². The molecule has 1 saturated carbocycles. The Balaban J connectivity index is 1.87. The third kappa shape index (κ3) is 5.35. The molecule has 0 aliphatic heterocycles. The quantitative estimate of drug-likeness (QED) is 0.215. The zero-order chi connectivity index (χ0) is 30.8. The number of aliphatic hydroxyl groups is 1. The average molecular weight is 612 g/mol. The van der Waals surface area contributed by atoms with Gasteiger partial charge in [0.15, 0.2) is 11.2 Å². The molecule has 4 aromatic rings. The van der Waals surface area contributed by atoms with Gasteiger partial charge in [-0.05, 0) is 83.8 Å². The molecule has 1 fully saturated rings. The Labute approximate surface area is 260 Å². The van der Waals surface area contributed by atoms with Crippen molar-refractivity contribution in [1.82, 2.24) is 0 Å². The molecule has 0 spiro atoms. The SMILES string of the molecule is COc1cccc(C2CC(O)(c3ccc(Cl)cc3)C(C(=O)c3ccc(Cl)cc3)C(c3cccc(OC)c3)C2(C#N)C#N)c1. The van der Waals surface area contributed by atoms with Crippen LogP contribution in [-0.2, 0) is 5.60 Å². The third-order valence-corrected chi connectivity index (χ3v) is 8.98. The summed E-state index contributed by atoms with van der Waals surface area (Å²) in [4.78, 5) is 14.7. The van der Waals surface area contributed by atoms with E-state index in [1.54, 1.807) is 91.0 Å². The predicted molar refractivity (Wildman–Crippen MR) is 164 cm³/mol. The van der Waals surface area contributed by atoms with Gasteiger partial charge in [-0.1, -0.05) is 59.6 Å². The molecular formula is C35H28Cl2N2O4. The first-order valence-electron chi connectivity index (χ1n) is 13.6. The molecule has 0 radical (unpaired) electrons. The molecule has 43 heavy (non-hydrogen) atoms. The van der Waals surface area contributed by atoms with E-state index < -0.39 is 34.6 Å². The Hall–Kier alpha value is -4.33. The highest BCUT2D eigenvalue weighted by atomic mass is 35.5. The average Bonchev–Trinajstić information content (AvgIpc) is 3.04. The van der Waals surface area contributed by atoms with Crippen LogP contribution in [0, 0.1) is 34.0 Å². The summed E-state index contributed by atoms with van der Waals surface area (Å²) in [5, 5.41) is 35.8. The van der Waals surface area contributed by atoms with Crippen molar-refractivity contribution < 1.29 is 19.4 Å². The molecule has 1 aliphatic rings. The smallest absolute Gasteiger partial charge is 0.169 e. The summed E-state index contributed by atoms with van der Waals surface area (Å²) in [5.41, 5.74) is -1.76. The molecule has 0 heterocycles. The van der Waals surface area contributed by atoms with Crippen LogP contribution in [0.4, 0.5) is 0 Å². The van der Waals surface area contributed by atoms with Gasteiger partial charge in [0.05, 0.1) is 32.3 Å². The van der Waals surface area contributed by atoms with E-state index in [1.807, 2.05) is 6.07 Å². The first-order valence-corrected chi connectivity index (χ1v) is 14.3. The number of Topliss-reactive ketones (excluding diaryl/α,β-unsaturated/α-hetero) is 1. The number of hydrogen-bond acceptors (Lipinski definition) is 6. The van der Waals surface area contributed by atoms with Gasteiger partial charge < -0.3 is 14.6 Å². The highest BCUT2D eigenvalue weighted by Gasteiger charge is 2.64. The van der Waals surface area contributed by atoms with E-state index in [2.05, 4.69) is 12.1 Å². The standard InChI is InChI=1S/C35H28Cl2N2O4/c1-42-28-7-3-5-23(17-28)30-19-35(41,25-11-15-27(37)16-12-25)32(33(40)22-9-13-26(36)14-10-22)31(34(30,20-38)21-39)24-6-4-8-29(18-24)43-2/h3-18,30-32,41H,19H2,1-2H3. The molecule has 216 valence electrons. The monoisotopic (exact) mass is 610 g/mol. The van der Waals surface area contributed by atoms with Crippen molar-refractivity contribution in [1.29, 1.82) is 10.5 Å². The summed E-state index contributed by atoms with van der Waals surface area (Å²) in [6, 6.07) is 31.8. The second-order valence-corrected chi connectivity index (χ2v) is 11.5. The summed E-state index contributed by atoms with van der Waals surface area (Å²) < 4.78 is 11.0. The van der Waals surface area contributed by atoms with Gasteiger partial charge in [-0.2, -0.15) is 10.5 Å². The highest BCUT2D eigenvalue weighted by Crippen LogP contribution is 2.63. The number of carbonyl (C=O) groups is 1. The number of methoxy groups -OCH3 is 2. The van der Waals surface area contributed by atoms with Crippen LogP contribution in [-0.4, -0.2) is 25.1 Å². The lowest BCUT2D eigenvalue weighted by Crippen LogP contribution is -2.55. The van der Waals surface area contributed by atoms with E-state index in [9.17, 15) is 20.4 Å². The second kappa shape index (κ2) is 12.1. The topological polar surface area (TPSA) is 103 Å². The van der Waals surface area contributed by atoms with Crippen LogP contribution in [0.15, 0.2) is 97.1 Å². The van der Waals surface area contributed by atoms with Gasteiger partial charge in [0.1, 0.15) is 17.1 Å². The first kappa shape index (κ1) is 30.1. The number of nitrogens with zero attached hydrogens (tertiary/aromatic N) is 2. The molecule has 6 nitrogen and oxygen atoms in total. The maximum atomic E-state index is 14.7. The molecule has 1 N–H and O–H groups in total. The Morgan fingerprint density at radius 1 is 0.814 bits per heavy atom. The predicted octanol–water partition coefficient (Wildman–Crippen LogP) is 7.70. The number of benzene rings is 4. The fourth-order valence-electron chi connectivity index (χ4n) is 6.40. The summed E-state index contributed by atoms with van der Waals surface area (Å²) in [5.74, 6) is -2.59. The van der Waals surface area contributed by atoms with Gasteiger partial charge >= 0.3 is 0 Å². The molecule has 0 saturated heterocycles. The van der Waals surface area contributed by atoms with Crippen LogP contribution in [0.1, 0.15) is 45.3 Å². The van der Waals surface area contributed by atoms with Gasteiger partial charge in [0.2, 0.25) is 0 Å². The number of rotatable bonds is 7. The molecule has 4 aromatic carbocycles. The molecule has 0 bridgehead atoms. The van der Waals surface area contributed by atoms with E-state index in [4.69, 9.17) is 32.7 Å². The van der Waals surface area contributed by atoms with Crippen molar-refractivity contribution in [2.75, 3.05) is 14.2 Å². The van der Waals surface area contributed by atoms with Crippen molar-refractivity contribution in [2.24, 2.45) is 11.3 Å². The lowest BCUT2D eigenvalue weighted by molar-refractivity contribution is -0.0783. The normalized spacial score (nSPS) is 22.5. The second-order valence-electron chi connectivity index (χ2n) is 10.7. The molecule has 0 amide bonds. The van der Waals surface area contributed by atoms with Crippen LogP contribution < -0.4 is 9.47 Å². The molecular weight excluding hydrogens is 583 g/mol. The maximum absolute atomic E-state index is 14.7.